The highest BCUT2D eigenvalue weighted by Gasteiger charge is 2.44. The second-order valence-corrected chi connectivity index (χ2v) is 4.74. The molecule has 0 aromatic carbocycles. The molecule has 18 heavy (non-hydrogen) atoms. The number of carbonyl (C=O) groups excluding carboxylic acids is 1. The van der Waals surface area contributed by atoms with Crippen molar-refractivity contribution in [2.24, 2.45) is 0 Å². The summed E-state index contributed by atoms with van der Waals surface area (Å²) in [4.78, 5) is 14.1. The second-order valence-electron chi connectivity index (χ2n) is 4.74. The quantitative estimate of drug-likeness (QED) is 0.711. The van der Waals surface area contributed by atoms with Crippen molar-refractivity contribution in [2.45, 2.75) is 52.4 Å². The zero-order valence-electron chi connectivity index (χ0n) is 11.2. The molecule has 2 unspecified atom stereocenters. The molecule has 1 saturated heterocycles. The highest BCUT2D eigenvalue weighted by Crippen LogP contribution is 2.20. The summed E-state index contributed by atoms with van der Waals surface area (Å²) in [6.45, 7) is 7.16. The molecule has 7 heteroatoms. The van der Waals surface area contributed by atoms with Crippen LogP contribution in [-0.2, 0) is 9.47 Å². The molecule has 106 valence electrons. The molecule has 0 spiro atoms. The molecule has 1 fully saturated rings. The summed E-state index contributed by atoms with van der Waals surface area (Å²) in [6, 6.07) is -0.503. The van der Waals surface area contributed by atoms with Gasteiger partial charge in [-0.05, 0) is 27.7 Å². The zero-order valence-corrected chi connectivity index (χ0v) is 11.2. The van der Waals surface area contributed by atoms with E-state index in [1.807, 2.05) is 27.7 Å². The average molecular weight is 262 g/mol. The molecular formula is C11H22N2O5. The first kappa shape index (κ1) is 15.2. The molecule has 2 atom stereocenters. The first-order valence-electron chi connectivity index (χ1n) is 6.01. The highest BCUT2D eigenvalue weighted by atomic mass is 16.5. The molecule has 0 aromatic heterocycles. The standard InChI is InChI=1S/C11H22N2O5/c1-7(2)17-5-12-9(14)10(15)13(11(12)16)6-18-8(3)4/h7-10,14-15H,5-6H2,1-4H3. The lowest BCUT2D eigenvalue weighted by atomic mass is 10.4. The minimum atomic E-state index is -1.30. The van der Waals surface area contributed by atoms with Gasteiger partial charge in [0, 0.05) is 0 Å². The first-order chi connectivity index (χ1) is 8.34. The van der Waals surface area contributed by atoms with Crippen LogP contribution in [0.4, 0.5) is 4.79 Å². The minimum Gasteiger partial charge on any atom is -0.369 e. The van der Waals surface area contributed by atoms with E-state index < -0.39 is 18.5 Å². The van der Waals surface area contributed by atoms with E-state index in [9.17, 15) is 15.0 Å². The van der Waals surface area contributed by atoms with Gasteiger partial charge in [-0.1, -0.05) is 0 Å². The minimum absolute atomic E-state index is 0.0626. The second kappa shape index (κ2) is 6.33. The SMILES string of the molecule is CC(C)OCN1C(=O)N(COC(C)C)C(O)C1O. The summed E-state index contributed by atoms with van der Waals surface area (Å²) in [5, 5.41) is 19.5. The normalized spacial score (nSPS) is 24.8. The highest BCUT2D eigenvalue weighted by molar-refractivity contribution is 5.77. The predicted octanol–water partition coefficient (Wildman–Crippen LogP) is 0.126. The Labute approximate surface area is 107 Å². The largest absolute Gasteiger partial charge is 0.369 e. The number of hydrogen-bond donors (Lipinski definition) is 2. The van der Waals surface area contributed by atoms with Gasteiger partial charge < -0.3 is 19.7 Å². The maximum Gasteiger partial charge on any atom is 0.328 e. The van der Waals surface area contributed by atoms with Gasteiger partial charge in [-0.25, -0.2) is 4.79 Å². The summed E-state index contributed by atoms with van der Waals surface area (Å²) < 4.78 is 10.5. The van der Waals surface area contributed by atoms with E-state index in [-0.39, 0.29) is 25.7 Å². The van der Waals surface area contributed by atoms with Gasteiger partial charge in [0.1, 0.15) is 13.5 Å². The number of amides is 2. The van der Waals surface area contributed by atoms with E-state index in [0.29, 0.717) is 0 Å². The van der Waals surface area contributed by atoms with Crippen molar-refractivity contribution in [3.05, 3.63) is 0 Å². The number of ether oxygens (including phenoxy) is 2. The fourth-order valence-corrected chi connectivity index (χ4v) is 1.44. The lowest BCUT2D eigenvalue weighted by Gasteiger charge is -2.20. The van der Waals surface area contributed by atoms with E-state index in [0.717, 1.165) is 9.80 Å². The number of aliphatic hydroxyl groups excluding tert-OH is 2. The van der Waals surface area contributed by atoms with E-state index in [1.165, 1.54) is 0 Å². The fraction of sp³-hybridized carbons (Fsp3) is 0.909. The van der Waals surface area contributed by atoms with Crippen molar-refractivity contribution in [2.75, 3.05) is 13.5 Å². The molecule has 1 heterocycles. The van der Waals surface area contributed by atoms with Gasteiger partial charge in [0.15, 0.2) is 12.5 Å². The van der Waals surface area contributed by atoms with Crippen LogP contribution in [0.1, 0.15) is 27.7 Å². The molecule has 2 amide bonds. The fourth-order valence-electron chi connectivity index (χ4n) is 1.44. The monoisotopic (exact) mass is 262 g/mol. The smallest absolute Gasteiger partial charge is 0.328 e. The van der Waals surface area contributed by atoms with Gasteiger partial charge in [-0.3, -0.25) is 9.80 Å². The summed E-state index contributed by atoms with van der Waals surface area (Å²) in [7, 11) is 0. The first-order valence-corrected chi connectivity index (χ1v) is 6.01. The molecule has 1 aliphatic rings. The topological polar surface area (TPSA) is 82.5 Å². The Morgan fingerprint density at radius 1 is 1.00 bits per heavy atom. The molecule has 0 aromatic rings. The zero-order chi connectivity index (χ0) is 13.9. The van der Waals surface area contributed by atoms with Gasteiger partial charge in [0.25, 0.3) is 0 Å². The molecule has 1 rings (SSSR count). The predicted molar refractivity (Wildman–Crippen MR) is 63.3 cm³/mol. The molecular weight excluding hydrogens is 240 g/mol. The van der Waals surface area contributed by atoms with Crippen LogP contribution in [-0.4, -0.2) is 64.2 Å². The lowest BCUT2D eigenvalue weighted by Crippen LogP contribution is -2.38. The number of aliphatic hydroxyl groups is 2. The number of rotatable bonds is 6. The molecule has 0 aliphatic carbocycles. The summed E-state index contributed by atoms with van der Waals surface area (Å²) in [5.74, 6) is 0. The Morgan fingerprint density at radius 3 is 1.61 bits per heavy atom. The maximum absolute atomic E-state index is 11.9. The molecule has 0 saturated carbocycles. The van der Waals surface area contributed by atoms with E-state index in [1.54, 1.807) is 0 Å². The van der Waals surface area contributed by atoms with E-state index >= 15 is 0 Å². The Morgan fingerprint density at radius 2 is 1.33 bits per heavy atom. The third-order valence-electron chi connectivity index (χ3n) is 2.49. The number of urea groups is 1. The Hall–Kier alpha value is -0.890. The number of hydrogen-bond acceptors (Lipinski definition) is 5. The van der Waals surface area contributed by atoms with Crippen molar-refractivity contribution in [1.29, 1.82) is 0 Å². The molecule has 7 nitrogen and oxygen atoms in total. The average Bonchev–Trinajstić information content (AvgIpc) is 2.46. The third-order valence-corrected chi connectivity index (χ3v) is 2.49. The lowest BCUT2D eigenvalue weighted by molar-refractivity contribution is -0.115. The van der Waals surface area contributed by atoms with Gasteiger partial charge in [-0.15, -0.1) is 0 Å². The van der Waals surface area contributed by atoms with E-state index in [4.69, 9.17) is 9.47 Å². The number of nitrogens with zero attached hydrogens (tertiary/aromatic N) is 2. The van der Waals surface area contributed by atoms with Crippen molar-refractivity contribution in [1.82, 2.24) is 9.80 Å². The van der Waals surface area contributed by atoms with Crippen LogP contribution in [0.2, 0.25) is 0 Å². The molecule has 2 N–H and O–H groups in total. The summed E-state index contributed by atoms with van der Waals surface area (Å²) >= 11 is 0. The Balaban J connectivity index is 2.59. The van der Waals surface area contributed by atoms with Gasteiger partial charge in [0.2, 0.25) is 0 Å². The molecule has 0 bridgehead atoms. The molecule has 1 aliphatic heterocycles. The van der Waals surface area contributed by atoms with Crippen molar-refractivity contribution >= 4 is 6.03 Å². The van der Waals surface area contributed by atoms with Crippen LogP contribution >= 0.6 is 0 Å². The van der Waals surface area contributed by atoms with Crippen molar-refractivity contribution in [3.63, 3.8) is 0 Å². The van der Waals surface area contributed by atoms with Gasteiger partial charge >= 0.3 is 6.03 Å². The van der Waals surface area contributed by atoms with Crippen LogP contribution in [0.15, 0.2) is 0 Å². The van der Waals surface area contributed by atoms with Crippen LogP contribution in [0.5, 0.6) is 0 Å². The van der Waals surface area contributed by atoms with Crippen LogP contribution < -0.4 is 0 Å². The van der Waals surface area contributed by atoms with Crippen molar-refractivity contribution < 1.29 is 24.5 Å². The summed E-state index contributed by atoms with van der Waals surface area (Å²) in [5.41, 5.74) is 0. The maximum atomic E-state index is 11.9. The summed E-state index contributed by atoms with van der Waals surface area (Å²) in [6.07, 6.45) is -2.73. The third kappa shape index (κ3) is 3.55. The Kier molecular flexibility index (Phi) is 5.33. The van der Waals surface area contributed by atoms with Crippen LogP contribution in [0, 0.1) is 0 Å². The van der Waals surface area contributed by atoms with Gasteiger partial charge in [0.05, 0.1) is 12.2 Å². The van der Waals surface area contributed by atoms with Crippen LogP contribution in [0.25, 0.3) is 0 Å². The van der Waals surface area contributed by atoms with Crippen molar-refractivity contribution in [3.8, 4) is 0 Å². The van der Waals surface area contributed by atoms with Crippen LogP contribution in [0.3, 0.4) is 0 Å². The van der Waals surface area contributed by atoms with E-state index in [2.05, 4.69) is 0 Å². The number of carbonyl (C=O) groups is 1. The van der Waals surface area contributed by atoms with Gasteiger partial charge in [-0.2, -0.15) is 0 Å². The molecule has 0 radical (unpaired) electrons. The Bertz CT molecular complexity index is 259.